The van der Waals surface area contributed by atoms with Gasteiger partial charge in [0.05, 0.1) is 5.69 Å². The highest BCUT2D eigenvalue weighted by atomic mass is 32.1. The van der Waals surface area contributed by atoms with Crippen molar-refractivity contribution in [3.05, 3.63) is 33.7 Å². The highest BCUT2D eigenvalue weighted by Crippen LogP contribution is 2.37. The summed E-state index contributed by atoms with van der Waals surface area (Å²) in [5.41, 5.74) is -0.198. The van der Waals surface area contributed by atoms with Gasteiger partial charge in [0.15, 0.2) is 4.96 Å². The lowest BCUT2D eigenvalue weighted by Crippen LogP contribution is -2.52. The molecule has 0 radical (unpaired) electrons. The molecule has 11 heteroatoms. The van der Waals surface area contributed by atoms with E-state index in [2.05, 4.69) is 22.1 Å². The molecular formula is C23H30N6O4S. The first-order valence-electron chi connectivity index (χ1n) is 12.0. The molecular weight excluding hydrogens is 456 g/mol. The SMILES string of the molecule is CCC1CCC2(CC1)NC(=O)N(CC(=O)N1CCN(Cc3cc(=O)n4ccsc4n3)CC1)C2=O. The van der Waals surface area contributed by atoms with Gasteiger partial charge in [0.25, 0.3) is 11.5 Å². The quantitative estimate of drug-likeness (QED) is 0.639. The molecule has 4 amide bonds. The van der Waals surface area contributed by atoms with Crippen LogP contribution in [0.4, 0.5) is 4.79 Å². The van der Waals surface area contributed by atoms with Crippen molar-refractivity contribution in [2.75, 3.05) is 32.7 Å². The minimum Gasteiger partial charge on any atom is -0.339 e. The van der Waals surface area contributed by atoms with Gasteiger partial charge in [-0.3, -0.25) is 28.6 Å². The lowest BCUT2D eigenvalue weighted by atomic mass is 9.75. The number of nitrogens with zero attached hydrogens (tertiary/aromatic N) is 5. The summed E-state index contributed by atoms with van der Waals surface area (Å²) in [6, 6.07) is 1.10. The second kappa shape index (κ2) is 9.10. The van der Waals surface area contributed by atoms with Crippen molar-refractivity contribution in [2.24, 2.45) is 5.92 Å². The Morgan fingerprint density at radius 2 is 1.91 bits per heavy atom. The van der Waals surface area contributed by atoms with Gasteiger partial charge in [-0.1, -0.05) is 13.3 Å². The van der Waals surface area contributed by atoms with E-state index in [1.807, 2.05) is 5.38 Å². The lowest BCUT2D eigenvalue weighted by Gasteiger charge is -2.35. The monoisotopic (exact) mass is 486 g/mol. The first kappa shape index (κ1) is 23.0. The first-order chi connectivity index (χ1) is 16.4. The highest BCUT2D eigenvalue weighted by molar-refractivity contribution is 7.15. The maximum absolute atomic E-state index is 13.1. The van der Waals surface area contributed by atoms with Crippen LogP contribution in [0, 0.1) is 5.92 Å². The normalized spacial score (nSPS) is 26.0. The number of hydrogen-bond acceptors (Lipinski definition) is 7. The molecule has 5 rings (SSSR count). The summed E-state index contributed by atoms with van der Waals surface area (Å²) in [6.45, 7) is 4.77. The minimum atomic E-state index is -0.822. The van der Waals surface area contributed by atoms with E-state index in [9.17, 15) is 19.2 Å². The molecule has 3 aliphatic rings. The topological polar surface area (TPSA) is 107 Å². The van der Waals surface area contributed by atoms with Crippen LogP contribution in [-0.4, -0.2) is 80.2 Å². The van der Waals surface area contributed by atoms with E-state index in [1.54, 1.807) is 17.2 Å². The van der Waals surface area contributed by atoms with Crippen molar-refractivity contribution >= 4 is 34.1 Å². The number of nitrogens with one attached hydrogen (secondary N) is 1. The fraction of sp³-hybridized carbons (Fsp3) is 0.609. The fourth-order valence-corrected chi connectivity index (χ4v) is 6.06. The second-order valence-electron chi connectivity index (χ2n) is 9.55. The number of carbonyl (C=O) groups excluding carboxylic acids is 3. The van der Waals surface area contributed by atoms with Crippen LogP contribution in [0.5, 0.6) is 0 Å². The third kappa shape index (κ3) is 4.22. The van der Waals surface area contributed by atoms with Gasteiger partial charge in [0.2, 0.25) is 5.91 Å². The molecule has 182 valence electrons. The van der Waals surface area contributed by atoms with Gasteiger partial charge >= 0.3 is 6.03 Å². The Morgan fingerprint density at radius 1 is 1.18 bits per heavy atom. The summed E-state index contributed by atoms with van der Waals surface area (Å²) in [6.07, 6.45) is 5.94. The predicted octanol–water partition coefficient (Wildman–Crippen LogP) is 1.29. The third-order valence-corrected chi connectivity index (χ3v) is 8.30. The minimum absolute atomic E-state index is 0.0930. The molecule has 0 unspecified atom stereocenters. The second-order valence-corrected chi connectivity index (χ2v) is 10.4. The van der Waals surface area contributed by atoms with Crippen LogP contribution in [0.15, 0.2) is 22.4 Å². The number of piperazine rings is 1. The Morgan fingerprint density at radius 3 is 2.62 bits per heavy atom. The van der Waals surface area contributed by atoms with Gasteiger partial charge in [-0.2, -0.15) is 0 Å². The van der Waals surface area contributed by atoms with Gasteiger partial charge in [0.1, 0.15) is 12.1 Å². The molecule has 0 atom stereocenters. The molecule has 2 saturated heterocycles. The summed E-state index contributed by atoms with van der Waals surface area (Å²) in [5, 5.41) is 4.73. The maximum Gasteiger partial charge on any atom is 0.325 e. The van der Waals surface area contributed by atoms with Crippen molar-refractivity contribution in [3.63, 3.8) is 0 Å². The summed E-state index contributed by atoms with van der Waals surface area (Å²) in [7, 11) is 0. The number of hydrogen-bond donors (Lipinski definition) is 1. The zero-order chi connectivity index (χ0) is 23.9. The molecule has 1 saturated carbocycles. The van der Waals surface area contributed by atoms with E-state index in [1.165, 1.54) is 15.7 Å². The average Bonchev–Trinajstić information content (AvgIpc) is 3.39. The third-order valence-electron chi connectivity index (χ3n) is 7.54. The number of carbonyl (C=O) groups is 3. The van der Waals surface area contributed by atoms with Gasteiger partial charge in [0, 0.05) is 50.4 Å². The van der Waals surface area contributed by atoms with E-state index in [0.717, 1.165) is 29.9 Å². The van der Waals surface area contributed by atoms with E-state index in [4.69, 9.17) is 0 Å². The molecule has 1 N–H and O–H groups in total. The molecule has 1 aliphatic carbocycles. The Labute approximate surface area is 201 Å². The van der Waals surface area contributed by atoms with E-state index < -0.39 is 11.6 Å². The number of rotatable bonds is 5. The molecule has 4 heterocycles. The van der Waals surface area contributed by atoms with Crippen LogP contribution < -0.4 is 10.9 Å². The molecule has 0 aromatic carbocycles. The Bertz CT molecular complexity index is 1160. The van der Waals surface area contributed by atoms with Gasteiger partial charge in [-0.25, -0.2) is 9.78 Å². The van der Waals surface area contributed by atoms with Crippen LogP contribution in [0.2, 0.25) is 0 Å². The Balaban J connectivity index is 1.15. The predicted molar refractivity (Wildman–Crippen MR) is 126 cm³/mol. The molecule has 0 bridgehead atoms. The Hall–Kier alpha value is -2.79. The number of amides is 4. The van der Waals surface area contributed by atoms with Crippen LogP contribution in [0.3, 0.4) is 0 Å². The van der Waals surface area contributed by atoms with Crippen molar-refractivity contribution < 1.29 is 14.4 Å². The number of urea groups is 1. The fourth-order valence-electron chi connectivity index (χ4n) is 5.33. The highest BCUT2D eigenvalue weighted by Gasteiger charge is 2.52. The number of fused-ring (bicyclic) bond motifs is 1. The summed E-state index contributed by atoms with van der Waals surface area (Å²) in [4.78, 5) is 61.0. The number of imide groups is 1. The number of aromatic nitrogens is 2. The van der Waals surface area contributed by atoms with Crippen LogP contribution in [0.25, 0.3) is 4.96 Å². The molecule has 3 fully saturated rings. The smallest absolute Gasteiger partial charge is 0.325 e. The van der Waals surface area contributed by atoms with Crippen molar-refractivity contribution in [2.45, 2.75) is 51.1 Å². The van der Waals surface area contributed by atoms with Crippen molar-refractivity contribution in [1.29, 1.82) is 0 Å². The van der Waals surface area contributed by atoms with E-state index >= 15 is 0 Å². The zero-order valence-corrected chi connectivity index (χ0v) is 20.2. The number of thiazole rings is 1. The summed E-state index contributed by atoms with van der Waals surface area (Å²) in [5.74, 6) is 0.142. The van der Waals surface area contributed by atoms with E-state index in [-0.39, 0.29) is 23.9 Å². The van der Waals surface area contributed by atoms with Crippen LogP contribution in [0.1, 0.15) is 44.7 Å². The lowest BCUT2D eigenvalue weighted by molar-refractivity contribution is -0.140. The van der Waals surface area contributed by atoms with Gasteiger partial charge in [-0.15, -0.1) is 11.3 Å². The largest absolute Gasteiger partial charge is 0.339 e. The van der Waals surface area contributed by atoms with Gasteiger partial charge in [-0.05, 0) is 31.6 Å². The average molecular weight is 487 g/mol. The molecule has 2 aromatic rings. The molecule has 10 nitrogen and oxygen atoms in total. The molecule has 2 aliphatic heterocycles. The van der Waals surface area contributed by atoms with Gasteiger partial charge < -0.3 is 10.2 Å². The molecule has 2 aromatic heterocycles. The molecule has 1 spiro atoms. The summed E-state index contributed by atoms with van der Waals surface area (Å²) < 4.78 is 1.53. The van der Waals surface area contributed by atoms with Crippen LogP contribution >= 0.6 is 11.3 Å². The van der Waals surface area contributed by atoms with Crippen LogP contribution in [-0.2, 0) is 16.1 Å². The first-order valence-corrected chi connectivity index (χ1v) is 12.9. The maximum atomic E-state index is 13.1. The van der Waals surface area contributed by atoms with Crippen molar-refractivity contribution in [3.8, 4) is 0 Å². The standard InChI is InChI=1S/C23H30N6O4S/c1-2-16-3-5-23(6-4-16)20(32)29(21(33)25-23)15-19(31)27-9-7-26(8-10-27)14-17-13-18(30)28-11-12-34-22(28)24-17/h11-13,16H,2-10,14-15H2,1H3,(H,25,33). The molecule has 34 heavy (non-hydrogen) atoms. The van der Waals surface area contributed by atoms with E-state index in [0.29, 0.717) is 56.4 Å². The zero-order valence-electron chi connectivity index (χ0n) is 19.4. The summed E-state index contributed by atoms with van der Waals surface area (Å²) >= 11 is 1.42. The Kier molecular flexibility index (Phi) is 6.15. The van der Waals surface area contributed by atoms with Crippen molar-refractivity contribution in [1.82, 2.24) is 29.4 Å².